The number of rotatable bonds is 5. The molecule has 0 atom stereocenters. The summed E-state index contributed by atoms with van der Waals surface area (Å²) in [6, 6.07) is 9.03. The van der Waals surface area contributed by atoms with Crippen LogP contribution < -0.4 is 0 Å². The van der Waals surface area contributed by atoms with Crippen molar-refractivity contribution >= 4 is 16.8 Å². The number of aromatic amines is 1. The summed E-state index contributed by atoms with van der Waals surface area (Å²) in [6.45, 7) is 3.38. The number of aromatic nitrogens is 5. The number of H-pyrrole nitrogens is 1. The molecule has 3 aromatic heterocycles. The van der Waals surface area contributed by atoms with Crippen LogP contribution >= 0.6 is 0 Å². The summed E-state index contributed by atoms with van der Waals surface area (Å²) in [5.74, 6) is 1.16. The van der Waals surface area contributed by atoms with Gasteiger partial charge < -0.3 is 14.1 Å². The number of hydrogen-bond acceptors (Lipinski definition) is 5. The SMILES string of the molecule is Cc1oncc1C(=O)Cc1ccc2nc(-c3cc(-n4ccnc4C)cc(C(F)(F)F)c3)[nH]c2c1. The van der Waals surface area contributed by atoms with Crippen LogP contribution in [0.25, 0.3) is 28.1 Å². The number of benzene rings is 2. The first-order valence-corrected chi connectivity index (χ1v) is 10.3. The van der Waals surface area contributed by atoms with Crippen LogP contribution in [0.5, 0.6) is 0 Å². The van der Waals surface area contributed by atoms with Crippen LogP contribution in [-0.4, -0.2) is 30.5 Å². The number of nitrogens with zero attached hydrogens (tertiary/aromatic N) is 4. The number of ketones is 1. The maximum Gasteiger partial charge on any atom is 0.416 e. The molecule has 3 heterocycles. The summed E-state index contributed by atoms with van der Waals surface area (Å²) >= 11 is 0. The van der Waals surface area contributed by atoms with Gasteiger partial charge in [0.2, 0.25) is 0 Å². The van der Waals surface area contributed by atoms with Crippen molar-refractivity contribution in [1.29, 1.82) is 0 Å². The van der Waals surface area contributed by atoms with E-state index in [9.17, 15) is 18.0 Å². The lowest BCUT2D eigenvalue weighted by molar-refractivity contribution is -0.137. The second kappa shape index (κ2) is 7.98. The Labute approximate surface area is 191 Å². The zero-order chi connectivity index (χ0) is 24.0. The Morgan fingerprint density at radius 1 is 1.15 bits per heavy atom. The standard InChI is InChI=1S/C24H18F3N5O2/c1-13-19(12-29-34-13)22(33)8-15-3-4-20-21(7-15)31-23(30-20)16-9-17(24(25,26)27)11-18(10-16)32-6-5-28-14(32)2/h3-7,9-12H,8H2,1-2H3,(H,30,31). The summed E-state index contributed by atoms with van der Waals surface area (Å²) in [7, 11) is 0. The lowest BCUT2D eigenvalue weighted by atomic mass is 10.0. The van der Waals surface area contributed by atoms with Gasteiger partial charge in [0.05, 0.1) is 28.4 Å². The highest BCUT2D eigenvalue weighted by atomic mass is 19.4. The number of fused-ring (bicyclic) bond motifs is 1. The number of imidazole rings is 2. The number of carbonyl (C=O) groups excluding carboxylic acids is 1. The number of Topliss-reactive ketones (excluding diaryl/α,β-unsaturated/α-hetero) is 1. The highest BCUT2D eigenvalue weighted by Crippen LogP contribution is 2.34. The average molecular weight is 465 g/mol. The van der Waals surface area contributed by atoms with Crippen LogP contribution in [0.4, 0.5) is 13.2 Å². The molecule has 0 radical (unpaired) electrons. The van der Waals surface area contributed by atoms with Crippen LogP contribution in [0.1, 0.15) is 33.1 Å². The third kappa shape index (κ3) is 3.98. The Morgan fingerprint density at radius 3 is 2.65 bits per heavy atom. The highest BCUT2D eigenvalue weighted by molar-refractivity contribution is 5.98. The number of carbonyl (C=O) groups is 1. The van der Waals surface area contributed by atoms with E-state index < -0.39 is 11.7 Å². The molecule has 0 aliphatic carbocycles. The van der Waals surface area contributed by atoms with E-state index in [-0.39, 0.29) is 17.8 Å². The quantitative estimate of drug-likeness (QED) is 0.348. The van der Waals surface area contributed by atoms with Gasteiger partial charge in [0.25, 0.3) is 0 Å². The number of nitrogens with one attached hydrogen (secondary N) is 1. The summed E-state index contributed by atoms with van der Waals surface area (Å²) < 4.78 is 47.4. The molecule has 0 saturated carbocycles. The molecule has 2 aromatic carbocycles. The fourth-order valence-corrected chi connectivity index (χ4v) is 3.85. The molecule has 172 valence electrons. The molecule has 0 amide bonds. The van der Waals surface area contributed by atoms with Crippen LogP contribution in [-0.2, 0) is 12.6 Å². The zero-order valence-corrected chi connectivity index (χ0v) is 18.1. The van der Waals surface area contributed by atoms with Crippen molar-refractivity contribution in [2.24, 2.45) is 0 Å². The monoisotopic (exact) mass is 465 g/mol. The average Bonchev–Trinajstić information content (AvgIpc) is 3.51. The van der Waals surface area contributed by atoms with Crippen molar-refractivity contribution in [3.63, 3.8) is 0 Å². The van der Waals surface area contributed by atoms with Gasteiger partial charge in [-0.15, -0.1) is 0 Å². The van der Waals surface area contributed by atoms with E-state index in [0.717, 1.165) is 17.7 Å². The Balaban J connectivity index is 1.53. The van der Waals surface area contributed by atoms with E-state index in [1.807, 2.05) is 0 Å². The van der Waals surface area contributed by atoms with E-state index in [1.165, 1.54) is 12.4 Å². The van der Waals surface area contributed by atoms with Gasteiger partial charge in [-0.3, -0.25) is 4.79 Å². The third-order valence-corrected chi connectivity index (χ3v) is 5.58. The predicted octanol–water partition coefficient (Wildman–Crippen LogP) is 5.46. The van der Waals surface area contributed by atoms with Crippen molar-refractivity contribution in [2.75, 3.05) is 0 Å². The predicted molar refractivity (Wildman–Crippen MR) is 118 cm³/mol. The Morgan fingerprint density at radius 2 is 1.97 bits per heavy atom. The van der Waals surface area contributed by atoms with Crippen molar-refractivity contribution in [1.82, 2.24) is 24.7 Å². The highest BCUT2D eigenvalue weighted by Gasteiger charge is 2.32. The number of hydrogen-bond donors (Lipinski definition) is 1. The molecule has 0 bridgehead atoms. The van der Waals surface area contributed by atoms with Gasteiger partial charge in [-0.1, -0.05) is 11.2 Å². The molecule has 34 heavy (non-hydrogen) atoms. The van der Waals surface area contributed by atoms with Crippen LogP contribution in [0, 0.1) is 13.8 Å². The van der Waals surface area contributed by atoms with Gasteiger partial charge in [-0.25, -0.2) is 9.97 Å². The summed E-state index contributed by atoms with van der Waals surface area (Å²) in [5, 5.41) is 3.63. The van der Waals surface area contributed by atoms with Gasteiger partial charge >= 0.3 is 6.18 Å². The van der Waals surface area contributed by atoms with E-state index in [4.69, 9.17) is 4.52 Å². The number of halogens is 3. The fourth-order valence-electron chi connectivity index (χ4n) is 3.85. The number of aryl methyl sites for hydroxylation is 2. The van der Waals surface area contributed by atoms with Gasteiger partial charge in [-0.05, 0) is 49.7 Å². The fraction of sp³-hybridized carbons (Fsp3) is 0.167. The van der Waals surface area contributed by atoms with Crippen LogP contribution in [0.15, 0.2) is 59.5 Å². The van der Waals surface area contributed by atoms with E-state index in [1.54, 1.807) is 48.9 Å². The Hall–Kier alpha value is -4.21. The molecular weight excluding hydrogens is 447 g/mol. The lowest BCUT2D eigenvalue weighted by Gasteiger charge is -2.13. The molecule has 0 unspecified atom stereocenters. The van der Waals surface area contributed by atoms with Crippen molar-refractivity contribution in [2.45, 2.75) is 26.4 Å². The second-order valence-corrected chi connectivity index (χ2v) is 7.94. The van der Waals surface area contributed by atoms with Crippen molar-refractivity contribution in [3.05, 3.63) is 83.3 Å². The van der Waals surface area contributed by atoms with Crippen molar-refractivity contribution in [3.8, 4) is 17.1 Å². The molecule has 0 aliphatic rings. The summed E-state index contributed by atoms with van der Waals surface area (Å²) in [5.41, 5.74) is 2.15. The zero-order valence-electron chi connectivity index (χ0n) is 18.1. The minimum atomic E-state index is -4.53. The molecule has 0 fully saturated rings. The topological polar surface area (TPSA) is 89.6 Å². The molecule has 5 rings (SSSR count). The van der Waals surface area contributed by atoms with Crippen LogP contribution in [0.3, 0.4) is 0 Å². The first-order valence-electron chi connectivity index (χ1n) is 10.3. The van der Waals surface area contributed by atoms with Gasteiger partial charge in [0.1, 0.15) is 17.4 Å². The minimum absolute atomic E-state index is 0.125. The molecule has 0 aliphatic heterocycles. The van der Waals surface area contributed by atoms with E-state index >= 15 is 0 Å². The minimum Gasteiger partial charge on any atom is -0.361 e. The first kappa shape index (κ1) is 21.6. The molecule has 1 N–H and O–H groups in total. The maximum absolute atomic E-state index is 13.6. The third-order valence-electron chi connectivity index (χ3n) is 5.58. The maximum atomic E-state index is 13.6. The van der Waals surface area contributed by atoms with Gasteiger partial charge in [-0.2, -0.15) is 13.2 Å². The molecule has 0 saturated heterocycles. The summed E-state index contributed by atoms with van der Waals surface area (Å²) in [6.07, 6.45) is 0.116. The Bertz CT molecular complexity index is 1530. The molecule has 7 nitrogen and oxygen atoms in total. The second-order valence-electron chi connectivity index (χ2n) is 7.94. The smallest absolute Gasteiger partial charge is 0.361 e. The molecule has 5 aromatic rings. The normalized spacial score (nSPS) is 11.9. The first-order chi connectivity index (χ1) is 16.2. The lowest BCUT2D eigenvalue weighted by Crippen LogP contribution is -2.07. The van der Waals surface area contributed by atoms with Gasteiger partial charge in [0.15, 0.2) is 5.78 Å². The van der Waals surface area contributed by atoms with E-state index in [2.05, 4.69) is 20.1 Å². The van der Waals surface area contributed by atoms with Crippen molar-refractivity contribution < 1.29 is 22.5 Å². The number of alkyl halides is 3. The molecular formula is C24H18F3N5O2. The largest absolute Gasteiger partial charge is 0.416 e. The molecule has 10 heteroatoms. The Kier molecular flexibility index (Phi) is 5.07. The van der Waals surface area contributed by atoms with E-state index in [0.29, 0.717) is 39.7 Å². The molecule has 0 spiro atoms. The van der Waals surface area contributed by atoms with Gasteiger partial charge in [0, 0.05) is 30.1 Å². The van der Waals surface area contributed by atoms with Crippen LogP contribution in [0.2, 0.25) is 0 Å². The summed E-state index contributed by atoms with van der Waals surface area (Å²) in [4.78, 5) is 24.2.